The molecular formula is C31H45O6-. The number of benzene rings is 1. The maximum Gasteiger partial charge on any atom is 0.338 e. The lowest BCUT2D eigenvalue weighted by Gasteiger charge is -2.37. The first-order valence-electron chi connectivity index (χ1n) is 13.7. The van der Waals surface area contributed by atoms with Crippen LogP contribution in [0.1, 0.15) is 93.5 Å². The van der Waals surface area contributed by atoms with E-state index in [2.05, 4.69) is 13.5 Å². The summed E-state index contributed by atoms with van der Waals surface area (Å²) in [6.07, 6.45) is 13.2. The van der Waals surface area contributed by atoms with Gasteiger partial charge in [-0.3, -0.25) is 4.79 Å². The molecule has 6 nitrogen and oxygen atoms in total. The SMILES string of the molecule is C=CC(=O)OCCCCOC(=O)c1ccc(OC(=O)C2CCC(C3CCC(CC)CC3)CC2)c(C)c1.[CH3-]. The van der Waals surface area contributed by atoms with Crippen molar-refractivity contribution < 1.29 is 28.6 Å². The van der Waals surface area contributed by atoms with E-state index < -0.39 is 11.9 Å². The van der Waals surface area contributed by atoms with E-state index in [0.29, 0.717) is 24.2 Å². The first-order valence-corrected chi connectivity index (χ1v) is 13.7. The topological polar surface area (TPSA) is 78.9 Å². The molecule has 1 aromatic carbocycles. The van der Waals surface area contributed by atoms with Crippen molar-refractivity contribution in [2.45, 2.75) is 84.5 Å². The Labute approximate surface area is 223 Å². The number of carbonyl (C=O) groups is 3. The predicted octanol–water partition coefficient (Wildman–Crippen LogP) is 7.04. The van der Waals surface area contributed by atoms with Crippen molar-refractivity contribution in [3.05, 3.63) is 49.4 Å². The second-order valence-corrected chi connectivity index (χ2v) is 10.4. The zero-order valence-corrected chi connectivity index (χ0v) is 23.0. The molecule has 0 amide bonds. The predicted molar refractivity (Wildman–Crippen MR) is 145 cm³/mol. The number of unbranched alkanes of at least 4 members (excludes halogenated alkanes) is 1. The number of aryl methyl sites for hydroxylation is 1. The van der Waals surface area contributed by atoms with Gasteiger partial charge in [0.1, 0.15) is 5.75 Å². The van der Waals surface area contributed by atoms with Gasteiger partial charge in [-0.1, -0.05) is 32.8 Å². The Morgan fingerprint density at radius 2 is 1.51 bits per heavy atom. The zero-order chi connectivity index (χ0) is 25.9. The van der Waals surface area contributed by atoms with Crippen LogP contribution in [-0.2, 0) is 19.1 Å². The Kier molecular flexibility index (Phi) is 12.9. The van der Waals surface area contributed by atoms with Crippen LogP contribution < -0.4 is 4.74 Å². The van der Waals surface area contributed by atoms with Gasteiger partial charge in [0.15, 0.2) is 0 Å². The van der Waals surface area contributed by atoms with E-state index >= 15 is 0 Å². The minimum Gasteiger partial charge on any atom is -0.463 e. The summed E-state index contributed by atoms with van der Waals surface area (Å²) in [7, 11) is 0. The van der Waals surface area contributed by atoms with Crippen LogP contribution >= 0.6 is 0 Å². The highest BCUT2D eigenvalue weighted by Crippen LogP contribution is 2.42. The normalized spacial score (nSPS) is 23.3. The number of esters is 3. The summed E-state index contributed by atoms with van der Waals surface area (Å²) < 4.78 is 15.9. The van der Waals surface area contributed by atoms with Gasteiger partial charge in [-0.2, -0.15) is 0 Å². The third-order valence-corrected chi connectivity index (χ3v) is 8.04. The monoisotopic (exact) mass is 513 g/mol. The molecule has 0 saturated heterocycles. The van der Waals surface area contributed by atoms with Crippen molar-refractivity contribution in [3.8, 4) is 5.75 Å². The fraction of sp³-hybridized carbons (Fsp3) is 0.613. The molecule has 2 aliphatic carbocycles. The number of hydrogen-bond acceptors (Lipinski definition) is 6. The molecule has 0 spiro atoms. The molecule has 6 heteroatoms. The Morgan fingerprint density at radius 3 is 2.08 bits per heavy atom. The summed E-state index contributed by atoms with van der Waals surface area (Å²) in [5.74, 6) is 1.95. The maximum atomic E-state index is 12.8. The second kappa shape index (κ2) is 15.6. The quantitative estimate of drug-likeness (QED) is 0.104. The van der Waals surface area contributed by atoms with Crippen LogP contribution in [0.4, 0.5) is 0 Å². The average Bonchev–Trinajstić information content (AvgIpc) is 2.91. The van der Waals surface area contributed by atoms with Crippen LogP contribution in [0.25, 0.3) is 0 Å². The Balaban J connectivity index is 0.00000481. The second-order valence-electron chi connectivity index (χ2n) is 10.4. The van der Waals surface area contributed by atoms with Gasteiger partial charge in [0, 0.05) is 6.08 Å². The van der Waals surface area contributed by atoms with Crippen molar-refractivity contribution in [2.75, 3.05) is 13.2 Å². The molecule has 2 fully saturated rings. The molecule has 0 heterocycles. The van der Waals surface area contributed by atoms with Gasteiger partial charge in [0.05, 0.1) is 24.7 Å². The van der Waals surface area contributed by atoms with Gasteiger partial charge in [0.2, 0.25) is 0 Å². The molecule has 0 aromatic heterocycles. The van der Waals surface area contributed by atoms with Crippen LogP contribution in [0.3, 0.4) is 0 Å². The Morgan fingerprint density at radius 1 is 0.919 bits per heavy atom. The molecule has 1 aromatic rings. The van der Waals surface area contributed by atoms with Gasteiger partial charge in [-0.25, -0.2) is 9.59 Å². The number of carbonyl (C=O) groups excluding carboxylic acids is 3. The molecule has 0 bridgehead atoms. The van der Waals surface area contributed by atoms with Crippen molar-refractivity contribution in [2.24, 2.45) is 23.7 Å². The lowest BCUT2D eigenvalue weighted by Crippen LogP contribution is -2.30. The molecule has 2 saturated carbocycles. The van der Waals surface area contributed by atoms with E-state index in [1.165, 1.54) is 32.1 Å². The average molecular weight is 514 g/mol. The van der Waals surface area contributed by atoms with E-state index in [-0.39, 0.29) is 32.5 Å². The number of hydrogen-bond donors (Lipinski definition) is 0. The first kappa shape index (κ1) is 30.6. The van der Waals surface area contributed by atoms with Gasteiger partial charge < -0.3 is 21.6 Å². The van der Waals surface area contributed by atoms with Crippen molar-refractivity contribution >= 4 is 17.9 Å². The van der Waals surface area contributed by atoms with Crippen molar-refractivity contribution in [1.82, 2.24) is 0 Å². The van der Waals surface area contributed by atoms with Crippen LogP contribution in [0.5, 0.6) is 5.75 Å². The highest BCUT2D eigenvalue weighted by atomic mass is 16.5. The highest BCUT2D eigenvalue weighted by molar-refractivity contribution is 5.90. The van der Waals surface area contributed by atoms with E-state index in [1.807, 2.05) is 6.92 Å². The van der Waals surface area contributed by atoms with E-state index in [1.54, 1.807) is 18.2 Å². The fourth-order valence-corrected chi connectivity index (χ4v) is 5.66. The molecule has 0 N–H and O–H groups in total. The summed E-state index contributed by atoms with van der Waals surface area (Å²) in [5.41, 5.74) is 1.15. The summed E-state index contributed by atoms with van der Waals surface area (Å²) >= 11 is 0. The molecule has 0 radical (unpaired) electrons. The van der Waals surface area contributed by atoms with E-state index in [9.17, 15) is 14.4 Å². The highest BCUT2D eigenvalue weighted by Gasteiger charge is 2.33. The molecule has 37 heavy (non-hydrogen) atoms. The molecule has 0 atom stereocenters. The number of rotatable bonds is 11. The van der Waals surface area contributed by atoms with Crippen LogP contribution in [-0.4, -0.2) is 31.1 Å². The summed E-state index contributed by atoms with van der Waals surface area (Å²) in [4.78, 5) is 36.2. The maximum absolute atomic E-state index is 12.8. The van der Waals surface area contributed by atoms with Crippen LogP contribution in [0.15, 0.2) is 30.9 Å². The lowest BCUT2D eigenvalue weighted by atomic mass is 9.69. The standard InChI is InChI=1S/C30H42O6.CH3/c1-4-22-8-10-23(11-9-22)24-12-14-25(15-13-24)30(33)36-27-17-16-26(20-21(27)3)29(32)35-19-7-6-18-34-28(31)5-2;/h5,16-17,20,22-25H,2,4,6-15,18-19H2,1,3H3;1H3/q;-1. The third kappa shape index (κ3) is 9.32. The van der Waals surface area contributed by atoms with Gasteiger partial charge in [-0.15, -0.1) is 0 Å². The Bertz CT molecular complexity index is 891. The van der Waals surface area contributed by atoms with E-state index in [0.717, 1.165) is 55.1 Å². The molecular weight excluding hydrogens is 468 g/mol. The van der Waals surface area contributed by atoms with E-state index in [4.69, 9.17) is 14.2 Å². The largest absolute Gasteiger partial charge is 0.463 e. The lowest BCUT2D eigenvalue weighted by molar-refractivity contribution is -0.140. The smallest absolute Gasteiger partial charge is 0.338 e. The van der Waals surface area contributed by atoms with Crippen LogP contribution in [0.2, 0.25) is 0 Å². The van der Waals surface area contributed by atoms with Gasteiger partial charge in [-0.05, 0) is 99.8 Å². The van der Waals surface area contributed by atoms with Crippen LogP contribution in [0, 0.1) is 38.0 Å². The molecule has 206 valence electrons. The summed E-state index contributed by atoms with van der Waals surface area (Å²) in [6, 6.07) is 5.00. The summed E-state index contributed by atoms with van der Waals surface area (Å²) in [6.45, 7) is 7.98. The molecule has 2 aliphatic rings. The molecule has 0 aliphatic heterocycles. The summed E-state index contributed by atoms with van der Waals surface area (Å²) in [5, 5.41) is 0. The number of ether oxygens (including phenoxy) is 3. The fourth-order valence-electron chi connectivity index (χ4n) is 5.66. The van der Waals surface area contributed by atoms with Crippen molar-refractivity contribution in [1.29, 1.82) is 0 Å². The van der Waals surface area contributed by atoms with Gasteiger partial charge >= 0.3 is 17.9 Å². The minimum absolute atomic E-state index is 0. The van der Waals surface area contributed by atoms with Crippen molar-refractivity contribution in [3.63, 3.8) is 0 Å². The first-order chi connectivity index (χ1) is 17.4. The zero-order valence-electron chi connectivity index (χ0n) is 23.0. The molecule has 3 rings (SSSR count). The molecule has 0 unspecified atom stereocenters. The Hall–Kier alpha value is -2.63. The van der Waals surface area contributed by atoms with Gasteiger partial charge in [0.25, 0.3) is 0 Å². The minimum atomic E-state index is -0.458. The third-order valence-electron chi connectivity index (χ3n) is 8.04.